The van der Waals surface area contributed by atoms with Gasteiger partial charge in [-0.25, -0.2) is 0 Å². The van der Waals surface area contributed by atoms with E-state index in [4.69, 9.17) is 9.47 Å². The second-order valence-electron chi connectivity index (χ2n) is 4.93. The average Bonchev–Trinajstić information content (AvgIpc) is 2.78. The molecule has 4 heteroatoms. The van der Waals surface area contributed by atoms with Crippen molar-refractivity contribution in [1.29, 1.82) is 0 Å². The van der Waals surface area contributed by atoms with E-state index in [1.165, 1.54) is 25.9 Å². The van der Waals surface area contributed by atoms with E-state index < -0.39 is 0 Å². The van der Waals surface area contributed by atoms with Gasteiger partial charge in [0.2, 0.25) is 0 Å². The van der Waals surface area contributed by atoms with E-state index in [0.717, 1.165) is 19.5 Å². The molecule has 0 aromatic heterocycles. The SMILES string of the molecule is COC1CCN(CC2CC(OC)CN2)CC1. The van der Waals surface area contributed by atoms with Gasteiger partial charge in [-0.2, -0.15) is 0 Å². The molecule has 2 unspecified atom stereocenters. The molecule has 16 heavy (non-hydrogen) atoms. The first-order valence-electron chi connectivity index (χ1n) is 6.33. The molecule has 1 N–H and O–H groups in total. The van der Waals surface area contributed by atoms with E-state index in [2.05, 4.69) is 10.2 Å². The molecule has 0 radical (unpaired) electrons. The zero-order chi connectivity index (χ0) is 11.4. The smallest absolute Gasteiger partial charge is 0.0711 e. The number of methoxy groups -OCH3 is 2. The fraction of sp³-hybridized carbons (Fsp3) is 1.00. The molecule has 0 saturated carbocycles. The minimum Gasteiger partial charge on any atom is -0.381 e. The fourth-order valence-corrected chi connectivity index (χ4v) is 2.74. The molecule has 0 spiro atoms. The van der Waals surface area contributed by atoms with Crippen molar-refractivity contribution in [3.8, 4) is 0 Å². The van der Waals surface area contributed by atoms with Crippen LogP contribution >= 0.6 is 0 Å². The summed E-state index contributed by atoms with van der Waals surface area (Å²) in [5, 5.41) is 3.53. The second kappa shape index (κ2) is 5.96. The molecule has 2 heterocycles. The van der Waals surface area contributed by atoms with Crippen molar-refractivity contribution in [3.63, 3.8) is 0 Å². The molecular formula is C12H24N2O2. The van der Waals surface area contributed by atoms with Crippen LogP contribution in [-0.2, 0) is 9.47 Å². The maximum Gasteiger partial charge on any atom is 0.0711 e. The van der Waals surface area contributed by atoms with Crippen molar-refractivity contribution < 1.29 is 9.47 Å². The molecule has 2 aliphatic heterocycles. The normalized spacial score (nSPS) is 33.4. The predicted octanol–water partition coefficient (Wildman–Crippen LogP) is 0.474. The molecule has 2 aliphatic rings. The molecule has 94 valence electrons. The minimum atomic E-state index is 0.418. The number of hydrogen-bond acceptors (Lipinski definition) is 4. The van der Waals surface area contributed by atoms with Crippen LogP contribution in [0.4, 0.5) is 0 Å². The van der Waals surface area contributed by atoms with E-state index in [9.17, 15) is 0 Å². The quantitative estimate of drug-likeness (QED) is 0.758. The van der Waals surface area contributed by atoms with Gasteiger partial charge in [-0.1, -0.05) is 0 Å². The molecule has 0 aliphatic carbocycles. The lowest BCUT2D eigenvalue weighted by Gasteiger charge is -2.32. The Balaban J connectivity index is 1.67. The summed E-state index contributed by atoms with van der Waals surface area (Å²) in [6, 6.07) is 0.615. The van der Waals surface area contributed by atoms with Crippen molar-refractivity contribution in [3.05, 3.63) is 0 Å². The Bertz CT molecular complexity index is 205. The Labute approximate surface area is 98.3 Å². The molecule has 0 amide bonds. The molecule has 2 saturated heterocycles. The van der Waals surface area contributed by atoms with E-state index in [1.807, 2.05) is 7.11 Å². The van der Waals surface area contributed by atoms with E-state index in [-0.39, 0.29) is 0 Å². The van der Waals surface area contributed by atoms with Crippen LogP contribution < -0.4 is 5.32 Å². The minimum absolute atomic E-state index is 0.418. The molecule has 0 aromatic rings. The predicted molar refractivity (Wildman–Crippen MR) is 63.7 cm³/mol. The Hall–Kier alpha value is -0.160. The van der Waals surface area contributed by atoms with Gasteiger partial charge in [0.1, 0.15) is 0 Å². The molecule has 0 bridgehead atoms. The summed E-state index contributed by atoms with van der Waals surface area (Å²) < 4.78 is 10.7. The van der Waals surface area contributed by atoms with Gasteiger partial charge in [0.25, 0.3) is 0 Å². The maximum absolute atomic E-state index is 5.38. The highest BCUT2D eigenvalue weighted by Crippen LogP contribution is 2.16. The highest BCUT2D eigenvalue weighted by atomic mass is 16.5. The Morgan fingerprint density at radius 3 is 2.38 bits per heavy atom. The van der Waals surface area contributed by atoms with Crippen LogP contribution in [0.3, 0.4) is 0 Å². The highest BCUT2D eigenvalue weighted by molar-refractivity contribution is 4.85. The van der Waals surface area contributed by atoms with Crippen LogP contribution in [0.25, 0.3) is 0 Å². The van der Waals surface area contributed by atoms with Crippen LogP contribution in [0.2, 0.25) is 0 Å². The van der Waals surface area contributed by atoms with Gasteiger partial charge in [0, 0.05) is 46.4 Å². The monoisotopic (exact) mass is 228 g/mol. The molecule has 4 nitrogen and oxygen atoms in total. The van der Waals surface area contributed by atoms with E-state index in [1.54, 1.807) is 7.11 Å². The number of piperidine rings is 1. The van der Waals surface area contributed by atoms with Gasteiger partial charge in [-0.3, -0.25) is 0 Å². The Morgan fingerprint density at radius 2 is 1.81 bits per heavy atom. The number of hydrogen-bond donors (Lipinski definition) is 1. The van der Waals surface area contributed by atoms with Crippen molar-refractivity contribution in [2.75, 3.05) is 40.4 Å². The zero-order valence-electron chi connectivity index (χ0n) is 10.4. The zero-order valence-corrected chi connectivity index (χ0v) is 10.4. The van der Waals surface area contributed by atoms with Crippen LogP contribution in [0.1, 0.15) is 19.3 Å². The van der Waals surface area contributed by atoms with Crippen LogP contribution in [0, 0.1) is 0 Å². The first-order chi connectivity index (χ1) is 7.81. The summed E-state index contributed by atoms with van der Waals surface area (Å²) in [7, 11) is 3.63. The summed E-state index contributed by atoms with van der Waals surface area (Å²) >= 11 is 0. The maximum atomic E-state index is 5.38. The van der Waals surface area contributed by atoms with Crippen molar-refractivity contribution in [2.45, 2.75) is 37.5 Å². The lowest BCUT2D eigenvalue weighted by molar-refractivity contribution is 0.0383. The first-order valence-corrected chi connectivity index (χ1v) is 6.33. The van der Waals surface area contributed by atoms with Gasteiger partial charge in [0.15, 0.2) is 0 Å². The Kier molecular flexibility index (Phi) is 4.58. The van der Waals surface area contributed by atoms with Crippen LogP contribution in [0.5, 0.6) is 0 Å². The summed E-state index contributed by atoms with van der Waals surface area (Å²) in [4.78, 5) is 2.55. The third-order valence-electron chi connectivity index (χ3n) is 3.86. The number of likely N-dealkylation sites (tertiary alicyclic amines) is 1. The lowest BCUT2D eigenvalue weighted by atomic mass is 10.1. The lowest BCUT2D eigenvalue weighted by Crippen LogP contribution is -2.43. The summed E-state index contributed by atoms with van der Waals surface area (Å²) in [6.45, 7) is 4.52. The Morgan fingerprint density at radius 1 is 1.12 bits per heavy atom. The molecule has 2 rings (SSSR count). The standard InChI is InChI=1S/C12H24N2O2/c1-15-11-3-5-14(6-4-11)9-10-7-12(16-2)8-13-10/h10-13H,3-9H2,1-2H3. The molecular weight excluding hydrogens is 204 g/mol. The van der Waals surface area contributed by atoms with Gasteiger partial charge in [-0.15, -0.1) is 0 Å². The summed E-state index contributed by atoms with van der Waals surface area (Å²) in [6.07, 6.45) is 4.41. The molecule has 2 atom stereocenters. The molecule has 2 fully saturated rings. The highest BCUT2D eigenvalue weighted by Gasteiger charge is 2.27. The number of ether oxygens (including phenoxy) is 2. The van der Waals surface area contributed by atoms with Crippen LogP contribution in [-0.4, -0.2) is 63.5 Å². The average molecular weight is 228 g/mol. The first kappa shape index (κ1) is 12.3. The van der Waals surface area contributed by atoms with Crippen LogP contribution in [0.15, 0.2) is 0 Å². The summed E-state index contributed by atoms with van der Waals surface area (Å²) in [5.41, 5.74) is 0. The number of rotatable bonds is 4. The van der Waals surface area contributed by atoms with E-state index >= 15 is 0 Å². The summed E-state index contributed by atoms with van der Waals surface area (Å²) in [5.74, 6) is 0. The van der Waals surface area contributed by atoms with Gasteiger partial charge in [0.05, 0.1) is 12.2 Å². The number of nitrogens with zero attached hydrogens (tertiary/aromatic N) is 1. The number of nitrogens with one attached hydrogen (secondary N) is 1. The topological polar surface area (TPSA) is 33.7 Å². The van der Waals surface area contributed by atoms with Crippen molar-refractivity contribution >= 4 is 0 Å². The van der Waals surface area contributed by atoms with Gasteiger partial charge >= 0.3 is 0 Å². The fourth-order valence-electron chi connectivity index (χ4n) is 2.74. The van der Waals surface area contributed by atoms with E-state index in [0.29, 0.717) is 18.2 Å². The third kappa shape index (κ3) is 3.17. The largest absolute Gasteiger partial charge is 0.381 e. The van der Waals surface area contributed by atoms with Gasteiger partial charge in [-0.05, 0) is 19.3 Å². The second-order valence-corrected chi connectivity index (χ2v) is 4.93. The van der Waals surface area contributed by atoms with Crippen molar-refractivity contribution in [2.24, 2.45) is 0 Å². The molecule has 0 aromatic carbocycles. The van der Waals surface area contributed by atoms with Crippen molar-refractivity contribution in [1.82, 2.24) is 10.2 Å². The third-order valence-corrected chi connectivity index (χ3v) is 3.86. The van der Waals surface area contributed by atoms with Gasteiger partial charge < -0.3 is 19.7 Å².